The van der Waals surface area contributed by atoms with Crippen molar-refractivity contribution in [2.45, 2.75) is 80.1 Å². The molecule has 26 nitrogen and oxygen atoms in total. The maximum atomic E-state index is 15.5. The topological polar surface area (TPSA) is 337 Å². The summed E-state index contributed by atoms with van der Waals surface area (Å²) in [6.07, 6.45) is 8.26. The molecule has 3 aliphatic heterocycles. The van der Waals surface area contributed by atoms with E-state index in [0.29, 0.717) is 57.9 Å². The molecule has 9 aromatic heterocycles. The Kier molecular flexibility index (Phi) is 28.6. The van der Waals surface area contributed by atoms with E-state index in [1.807, 2.05) is 53.7 Å². The van der Waals surface area contributed by atoms with E-state index in [-0.39, 0.29) is 184 Å². The molecule has 135 heavy (non-hydrogen) atoms. The van der Waals surface area contributed by atoms with Crippen molar-refractivity contribution in [3.05, 3.63) is 264 Å². The molecule has 3 saturated heterocycles. The van der Waals surface area contributed by atoms with E-state index in [2.05, 4.69) is 55.7 Å². The monoisotopic (exact) mass is 1950 g/mol. The van der Waals surface area contributed by atoms with Gasteiger partial charge in [0.1, 0.15) is 67.6 Å². The number of benzene rings is 3. The molecule has 3 aromatic carbocycles. The molecule has 3 fully saturated rings. The zero-order valence-corrected chi connectivity index (χ0v) is 76.7. The molecular weight excluding hydrogens is 1880 g/mol. The lowest BCUT2D eigenvalue weighted by Crippen LogP contribution is -2.49. The van der Waals surface area contributed by atoms with Crippen molar-refractivity contribution < 1.29 is 62.7 Å². The summed E-state index contributed by atoms with van der Waals surface area (Å²) < 4.78 is 165. The summed E-state index contributed by atoms with van der Waals surface area (Å²) in [6, 6.07) is 14.8. The maximum absolute atomic E-state index is 15.5. The summed E-state index contributed by atoms with van der Waals surface area (Å²) in [5, 5.41) is 29.0. The van der Waals surface area contributed by atoms with Crippen molar-refractivity contribution in [2.75, 3.05) is 105 Å². The number of pyridine rings is 9. The molecule has 3 amide bonds. The van der Waals surface area contributed by atoms with Crippen LogP contribution in [0.5, 0.6) is 0 Å². The van der Waals surface area contributed by atoms with Crippen molar-refractivity contribution in [1.29, 1.82) is 15.8 Å². The van der Waals surface area contributed by atoms with Crippen molar-refractivity contribution in [3.8, 4) is 69.0 Å². The number of rotatable bonds is 15. The predicted octanol–water partition coefficient (Wildman–Crippen LogP) is 17.7. The van der Waals surface area contributed by atoms with E-state index in [0.717, 1.165) is 9.13 Å². The highest BCUT2D eigenvalue weighted by Gasteiger charge is 2.39. The second kappa shape index (κ2) is 39.3. The number of nitriles is 3. The highest BCUT2D eigenvalue weighted by Crippen LogP contribution is 2.48. The number of aromatic nitrogens is 9. The highest BCUT2D eigenvalue weighted by molar-refractivity contribution is 6.39. The van der Waals surface area contributed by atoms with Crippen molar-refractivity contribution in [2.24, 2.45) is 0 Å². The number of nitrogens with zero attached hydrogens (tertiary/aromatic N) is 18. The van der Waals surface area contributed by atoms with Crippen LogP contribution in [-0.2, 0) is 14.4 Å². The van der Waals surface area contributed by atoms with Crippen LogP contribution >= 0.6 is 58.0 Å². The summed E-state index contributed by atoms with van der Waals surface area (Å²) in [7, 11) is 0. The third-order valence-electron chi connectivity index (χ3n) is 23.1. The highest BCUT2D eigenvalue weighted by atomic mass is 35.5. The van der Waals surface area contributed by atoms with Crippen molar-refractivity contribution in [3.63, 3.8) is 0 Å². The van der Waals surface area contributed by atoms with Crippen molar-refractivity contribution in [1.82, 2.24) is 58.3 Å². The molecule has 0 saturated carbocycles. The Labute approximate surface area is 786 Å². The van der Waals surface area contributed by atoms with E-state index >= 15 is 22.0 Å². The molecule has 0 unspecified atom stereocenters. The molecule has 12 heterocycles. The first-order valence-electron chi connectivity index (χ1n) is 41.2. The summed E-state index contributed by atoms with van der Waals surface area (Å²) in [5.41, 5.74) is 5.97. The van der Waals surface area contributed by atoms with Crippen LogP contribution in [0, 0.1) is 119 Å². The number of aryl methyl sites for hydroxylation is 3. The molecule has 12 aromatic rings. The molecule has 0 aliphatic carbocycles. The van der Waals surface area contributed by atoms with Gasteiger partial charge in [0, 0.05) is 113 Å². The molecule has 15 rings (SSSR count). The predicted molar refractivity (Wildman–Crippen MR) is 493 cm³/mol. The smallest absolute Gasteiger partial charge is 0.276 e. The number of carbonyl (C=O) groups is 3. The fourth-order valence-corrected chi connectivity index (χ4v) is 17.6. The lowest BCUT2D eigenvalue weighted by Gasteiger charge is -2.36. The lowest BCUT2D eigenvalue weighted by atomic mass is 10.0. The van der Waals surface area contributed by atoms with Gasteiger partial charge in [-0.15, -0.1) is 0 Å². The van der Waals surface area contributed by atoms with Crippen LogP contribution in [-0.4, -0.2) is 155 Å². The number of nitrogen functional groups attached to an aromatic ring is 2. The van der Waals surface area contributed by atoms with Crippen molar-refractivity contribution >= 4 is 137 Å². The van der Waals surface area contributed by atoms with Gasteiger partial charge < -0.3 is 40.9 Å². The van der Waals surface area contributed by atoms with Crippen LogP contribution in [0.2, 0.25) is 25.1 Å². The number of amides is 3. The summed E-state index contributed by atoms with van der Waals surface area (Å²) in [4.78, 5) is 116. The van der Waals surface area contributed by atoms with E-state index in [1.54, 1.807) is 75.9 Å². The quantitative estimate of drug-likeness (QED) is 0.0316. The average molecular weight is 1960 g/mol. The van der Waals surface area contributed by atoms with Gasteiger partial charge in [-0.1, -0.05) is 119 Å². The molecule has 696 valence electrons. The molecule has 0 radical (unpaired) electrons. The Bertz CT molecular complexity index is 6650. The first-order chi connectivity index (χ1) is 64.0. The SMILES string of the molecule is C=CC(=O)N1CCN(c2c(C#N)c(=O)n(-c3c(C)ccnc3C(C)C)c3nc(-c4c(F)c(F)c(F)c(F)c4F)c(Cl)cc23)CC1.C=CC(=O)N1CCN(c2c(C#N)c(=O)n(-c3c(C)ccnc3C(C)C)c3nc(-c4c(F)c(N)c(F)c(F)c4F)c(Cl)cc23)CC1.C=CC(=O)N1CCN(c2c(C#N)c(=O)n(-c3c(C)ccnc3C(C)C)c3nc(-c4c(N)c(Cl)c(F)c(Cl)c4F)c(Cl)cc23)CC1. The zero-order chi connectivity index (χ0) is 98.7. The number of hydrogen-bond donors (Lipinski definition) is 2. The minimum Gasteiger partial charge on any atom is -0.397 e. The summed E-state index contributed by atoms with van der Waals surface area (Å²) >= 11 is 31.7. The van der Waals surface area contributed by atoms with Gasteiger partial charge in [-0.2, -0.15) is 15.8 Å². The molecule has 0 bridgehead atoms. The van der Waals surface area contributed by atoms with Gasteiger partial charge in [-0.25, -0.2) is 63.2 Å². The Balaban J connectivity index is 0.000000171. The van der Waals surface area contributed by atoms with Gasteiger partial charge in [0.15, 0.2) is 58.2 Å². The van der Waals surface area contributed by atoms with E-state index in [9.17, 15) is 70.9 Å². The van der Waals surface area contributed by atoms with Crippen LogP contribution in [0.15, 0.2) is 107 Å². The largest absolute Gasteiger partial charge is 0.397 e. The van der Waals surface area contributed by atoms with Gasteiger partial charge in [0.2, 0.25) is 23.5 Å². The lowest BCUT2D eigenvalue weighted by molar-refractivity contribution is -0.127. The van der Waals surface area contributed by atoms with Crippen LogP contribution in [0.25, 0.3) is 83.9 Å². The van der Waals surface area contributed by atoms with E-state index in [1.165, 1.54) is 52.1 Å². The minimum atomic E-state index is -2.36. The first-order valence-corrected chi connectivity index (χ1v) is 43.1. The number of hydrogen-bond acceptors (Lipinski definition) is 20. The van der Waals surface area contributed by atoms with Crippen LogP contribution in [0.3, 0.4) is 0 Å². The fourth-order valence-electron chi connectivity index (χ4n) is 16.5. The molecule has 42 heteroatoms. The molecule has 0 atom stereocenters. The first kappa shape index (κ1) is 98.5. The molecule has 0 spiro atoms. The van der Waals surface area contributed by atoms with E-state index < -0.39 is 140 Å². The normalized spacial score (nSPS) is 13.4. The average Bonchev–Trinajstić information content (AvgIpc) is 0.728. The number of anilines is 5. The van der Waals surface area contributed by atoms with Gasteiger partial charge in [0.05, 0.1) is 106 Å². The van der Waals surface area contributed by atoms with Gasteiger partial charge >= 0.3 is 0 Å². The third-order valence-corrected chi connectivity index (χ3v) is 24.7. The van der Waals surface area contributed by atoms with Gasteiger partial charge in [-0.05, 0) is 110 Å². The third kappa shape index (κ3) is 17.4. The summed E-state index contributed by atoms with van der Waals surface area (Å²) in [5.74, 6) is -22.5. The number of piperazine rings is 3. The number of halogens is 16. The molecular formula is C93H76Cl5F11N20O6. The molecule has 3 aliphatic rings. The number of carbonyl (C=O) groups excluding carboxylic acids is 3. The zero-order valence-electron chi connectivity index (χ0n) is 73.0. The van der Waals surface area contributed by atoms with Crippen LogP contribution in [0.4, 0.5) is 76.7 Å². The number of nitrogens with two attached hydrogens (primary N) is 2. The summed E-state index contributed by atoms with van der Waals surface area (Å²) in [6.45, 7) is 29.6. The maximum Gasteiger partial charge on any atom is 0.276 e. The van der Waals surface area contributed by atoms with Gasteiger partial charge in [-0.3, -0.25) is 57.4 Å². The Morgan fingerprint density at radius 1 is 0.378 bits per heavy atom. The van der Waals surface area contributed by atoms with E-state index in [4.69, 9.17) is 69.5 Å². The second-order valence-electron chi connectivity index (χ2n) is 32.1. The van der Waals surface area contributed by atoms with Crippen LogP contribution in [0.1, 0.15) is 110 Å². The van der Waals surface area contributed by atoms with Crippen LogP contribution < -0.4 is 42.8 Å². The standard InChI is InChI=1S/C31H26Cl3F2N7O2.C31H24ClF5N6O2.C31H26ClF4N7O2/c1-5-19(44)41-8-10-42(11-9-41)29-16-12-18(32)27(20-23(35)21(33)24(36)22(34)25(20)38)40-30(16)43(31(45)17(29)13-37)28-15(4)6-7-39-26(28)14(2)3;1-5-19(44)41-8-10-42(11-9-41)29-16-12-18(32)27(20-21(33)23(35)25(37)24(36)22(20)34)40-30(16)43(31(45)17(29)13-38)28-15(4)6-7-39-26(28)14(2)3;1-5-19(44)41-8-10-42(11-9-41)29-16-12-18(32)27(20-21(33)23(35)24(36)25(38)22(20)34)40-30(16)43(31(45)17(29)13-37)28-15(4)6-7-39-26(28)14(2)3/h5-7,12,14H,1,8-11,38H2,2-4H3;5-7,12,14H,1,8-11H2,2-4H3;5-7,12,14H,1,8-11,38H2,2-4H3. The Hall–Kier alpha value is -14.0. The Morgan fingerprint density at radius 3 is 0.919 bits per heavy atom. The second-order valence-corrected chi connectivity index (χ2v) is 34.1. The molecule has 4 N–H and O–H groups in total. The fraction of sp³-hybridized carbons (Fsp3) is 0.258. The Morgan fingerprint density at radius 2 is 0.644 bits per heavy atom. The minimum absolute atomic E-state index is 0.00590. The number of fused-ring (bicyclic) bond motifs is 3. The van der Waals surface area contributed by atoms with Gasteiger partial charge in [0.25, 0.3) is 16.7 Å².